The van der Waals surface area contributed by atoms with E-state index in [1.807, 2.05) is 23.1 Å². The quantitative estimate of drug-likeness (QED) is 0.894. The van der Waals surface area contributed by atoms with Gasteiger partial charge in [0.1, 0.15) is 5.69 Å². The van der Waals surface area contributed by atoms with Crippen LogP contribution in [0.2, 0.25) is 0 Å². The number of benzene rings is 1. The first-order chi connectivity index (χ1) is 12.7. The Hall–Kier alpha value is -2.87. The van der Waals surface area contributed by atoms with Crippen LogP contribution in [-0.4, -0.2) is 65.2 Å². The van der Waals surface area contributed by atoms with Crippen molar-refractivity contribution < 1.29 is 14.3 Å². The molecule has 1 fully saturated rings. The van der Waals surface area contributed by atoms with Gasteiger partial charge in [0.15, 0.2) is 11.5 Å². The van der Waals surface area contributed by atoms with E-state index in [-0.39, 0.29) is 12.7 Å². The van der Waals surface area contributed by atoms with E-state index in [2.05, 4.69) is 27.1 Å². The lowest BCUT2D eigenvalue weighted by atomic mass is 10.2. The van der Waals surface area contributed by atoms with Crippen molar-refractivity contribution in [3.05, 3.63) is 36.2 Å². The zero-order valence-corrected chi connectivity index (χ0v) is 14.6. The average Bonchev–Trinajstić information content (AvgIpc) is 3.15. The normalized spacial score (nSPS) is 16.6. The molecular formula is C18H21N5O3. The van der Waals surface area contributed by atoms with Gasteiger partial charge in [-0.2, -0.15) is 0 Å². The van der Waals surface area contributed by atoms with Crippen LogP contribution in [0, 0.1) is 0 Å². The third-order valence-electron chi connectivity index (χ3n) is 4.61. The lowest BCUT2D eigenvalue weighted by Crippen LogP contribution is -2.48. The molecule has 2 aliphatic heterocycles. The summed E-state index contributed by atoms with van der Waals surface area (Å²) in [6.07, 6.45) is 1.60. The molecule has 2 aliphatic rings. The van der Waals surface area contributed by atoms with Crippen molar-refractivity contribution in [3.63, 3.8) is 0 Å². The highest BCUT2D eigenvalue weighted by atomic mass is 16.7. The van der Waals surface area contributed by atoms with Crippen molar-refractivity contribution in [1.82, 2.24) is 19.8 Å². The van der Waals surface area contributed by atoms with Gasteiger partial charge in [0.05, 0.1) is 0 Å². The molecule has 8 heteroatoms. The fourth-order valence-corrected chi connectivity index (χ4v) is 3.07. The van der Waals surface area contributed by atoms with Crippen LogP contribution in [-0.2, 0) is 0 Å². The number of fused-ring (bicyclic) bond motifs is 1. The maximum atomic E-state index is 12.7. The first kappa shape index (κ1) is 16.6. The van der Waals surface area contributed by atoms with Gasteiger partial charge in [0.25, 0.3) is 5.91 Å². The Labute approximate surface area is 151 Å². The summed E-state index contributed by atoms with van der Waals surface area (Å²) in [5.41, 5.74) is 1.17. The second-order valence-corrected chi connectivity index (χ2v) is 6.18. The molecule has 1 aromatic heterocycles. The Morgan fingerprint density at radius 2 is 1.96 bits per heavy atom. The molecule has 4 rings (SSSR count). The summed E-state index contributed by atoms with van der Waals surface area (Å²) < 4.78 is 10.7. The van der Waals surface area contributed by atoms with Crippen molar-refractivity contribution in [1.29, 1.82) is 0 Å². The molecule has 3 heterocycles. The lowest BCUT2D eigenvalue weighted by molar-refractivity contribution is 0.0637. The second kappa shape index (κ2) is 7.17. The Bertz CT molecular complexity index is 805. The molecule has 0 spiro atoms. The van der Waals surface area contributed by atoms with Crippen molar-refractivity contribution in [3.8, 4) is 11.5 Å². The van der Waals surface area contributed by atoms with Crippen LogP contribution in [0.15, 0.2) is 30.5 Å². The number of carbonyl (C=O) groups excluding carboxylic acids is 1. The van der Waals surface area contributed by atoms with Crippen LogP contribution in [0.3, 0.4) is 0 Å². The maximum Gasteiger partial charge on any atom is 0.272 e. The maximum absolute atomic E-state index is 12.7. The number of rotatable bonds is 4. The third-order valence-corrected chi connectivity index (χ3v) is 4.61. The van der Waals surface area contributed by atoms with Crippen molar-refractivity contribution in [2.75, 3.05) is 44.8 Å². The number of nitrogens with one attached hydrogen (secondary N) is 1. The fraction of sp³-hybridized carbons (Fsp3) is 0.389. The van der Waals surface area contributed by atoms with Crippen molar-refractivity contribution in [2.45, 2.75) is 6.92 Å². The number of anilines is 2. The SMILES string of the molecule is CCN1CCN(C(=O)c2ccnc(Nc3ccc4c(c3)OCO4)n2)CC1. The Morgan fingerprint density at radius 1 is 1.15 bits per heavy atom. The summed E-state index contributed by atoms with van der Waals surface area (Å²) in [4.78, 5) is 25.5. The van der Waals surface area contributed by atoms with Gasteiger partial charge in [-0.05, 0) is 24.7 Å². The number of likely N-dealkylation sites (N-methyl/N-ethyl adjacent to an activating group) is 1. The topological polar surface area (TPSA) is 79.8 Å². The van der Waals surface area contributed by atoms with Crippen LogP contribution < -0.4 is 14.8 Å². The first-order valence-corrected chi connectivity index (χ1v) is 8.74. The largest absolute Gasteiger partial charge is 0.454 e. The average molecular weight is 355 g/mol. The summed E-state index contributed by atoms with van der Waals surface area (Å²) in [6, 6.07) is 7.16. The zero-order valence-electron chi connectivity index (χ0n) is 14.6. The van der Waals surface area contributed by atoms with E-state index in [4.69, 9.17) is 9.47 Å². The van der Waals surface area contributed by atoms with E-state index in [1.54, 1.807) is 12.3 Å². The highest BCUT2D eigenvalue weighted by Crippen LogP contribution is 2.34. The van der Waals surface area contributed by atoms with E-state index >= 15 is 0 Å². The monoisotopic (exact) mass is 355 g/mol. The summed E-state index contributed by atoms with van der Waals surface area (Å²) in [5.74, 6) is 1.71. The molecule has 136 valence electrons. The van der Waals surface area contributed by atoms with Gasteiger partial charge in [0.2, 0.25) is 12.7 Å². The van der Waals surface area contributed by atoms with E-state index in [0.717, 1.165) is 38.4 Å². The van der Waals surface area contributed by atoms with Gasteiger partial charge in [-0.3, -0.25) is 4.79 Å². The smallest absolute Gasteiger partial charge is 0.272 e. The molecule has 2 aromatic rings. The minimum absolute atomic E-state index is 0.0584. The molecule has 26 heavy (non-hydrogen) atoms. The molecule has 1 saturated heterocycles. The molecule has 0 unspecified atom stereocenters. The fourth-order valence-electron chi connectivity index (χ4n) is 3.07. The standard InChI is InChI=1S/C18H21N5O3/c1-2-22-7-9-23(10-8-22)17(24)14-5-6-19-18(21-14)20-13-3-4-15-16(11-13)26-12-25-15/h3-6,11H,2,7-10,12H2,1H3,(H,19,20,21). The minimum Gasteiger partial charge on any atom is -0.454 e. The second-order valence-electron chi connectivity index (χ2n) is 6.18. The van der Waals surface area contributed by atoms with Crippen LogP contribution in [0.25, 0.3) is 0 Å². The van der Waals surface area contributed by atoms with E-state index in [9.17, 15) is 4.79 Å². The van der Waals surface area contributed by atoms with Crippen molar-refractivity contribution in [2.24, 2.45) is 0 Å². The molecule has 0 atom stereocenters. The molecule has 0 bridgehead atoms. The molecule has 1 aromatic carbocycles. The van der Waals surface area contributed by atoms with Gasteiger partial charge >= 0.3 is 0 Å². The highest BCUT2D eigenvalue weighted by Gasteiger charge is 2.22. The van der Waals surface area contributed by atoms with Crippen molar-refractivity contribution >= 4 is 17.5 Å². The molecule has 0 saturated carbocycles. The third kappa shape index (κ3) is 3.41. The predicted octanol–water partition coefficient (Wildman–Crippen LogP) is 1.73. The predicted molar refractivity (Wildman–Crippen MR) is 95.9 cm³/mol. The zero-order chi connectivity index (χ0) is 17.9. The van der Waals surface area contributed by atoms with Crippen LogP contribution in [0.4, 0.5) is 11.6 Å². The number of piperazine rings is 1. The van der Waals surface area contributed by atoms with Crippen LogP contribution >= 0.6 is 0 Å². The van der Waals surface area contributed by atoms with E-state index in [1.165, 1.54) is 0 Å². The molecule has 8 nitrogen and oxygen atoms in total. The Morgan fingerprint density at radius 3 is 2.77 bits per heavy atom. The molecular weight excluding hydrogens is 334 g/mol. The lowest BCUT2D eigenvalue weighted by Gasteiger charge is -2.33. The number of ether oxygens (including phenoxy) is 2. The minimum atomic E-state index is -0.0584. The van der Waals surface area contributed by atoms with E-state index in [0.29, 0.717) is 23.1 Å². The van der Waals surface area contributed by atoms with Gasteiger partial charge < -0.3 is 24.6 Å². The first-order valence-electron chi connectivity index (χ1n) is 8.74. The molecule has 1 amide bonds. The van der Waals surface area contributed by atoms with Gasteiger partial charge in [-0.1, -0.05) is 6.92 Å². The van der Waals surface area contributed by atoms with Crippen LogP contribution in [0.5, 0.6) is 11.5 Å². The number of hydrogen-bond donors (Lipinski definition) is 1. The molecule has 0 radical (unpaired) electrons. The Balaban J connectivity index is 1.45. The van der Waals surface area contributed by atoms with Crippen LogP contribution in [0.1, 0.15) is 17.4 Å². The van der Waals surface area contributed by atoms with Gasteiger partial charge in [-0.25, -0.2) is 9.97 Å². The summed E-state index contributed by atoms with van der Waals surface area (Å²) >= 11 is 0. The number of carbonyl (C=O) groups is 1. The highest BCUT2D eigenvalue weighted by molar-refractivity contribution is 5.92. The van der Waals surface area contributed by atoms with Gasteiger partial charge in [0, 0.05) is 44.1 Å². The number of hydrogen-bond acceptors (Lipinski definition) is 7. The van der Waals surface area contributed by atoms with Gasteiger partial charge in [-0.15, -0.1) is 0 Å². The summed E-state index contributed by atoms with van der Waals surface area (Å²) in [6.45, 7) is 6.62. The summed E-state index contributed by atoms with van der Waals surface area (Å²) in [5, 5.41) is 3.11. The van der Waals surface area contributed by atoms with E-state index < -0.39 is 0 Å². The number of amides is 1. The molecule has 1 N–H and O–H groups in total. The number of aromatic nitrogens is 2. The summed E-state index contributed by atoms with van der Waals surface area (Å²) in [7, 11) is 0. The number of nitrogens with zero attached hydrogens (tertiary/aromatic N) is 4. The Kier molecular flexibility index (Phi) is 4.57. The molecule has 0 aliphatic carbocycles.